The molecule has 0 aromatic rings. The van der Waals surface area contributed by atoms with Crippen molar-refractivity contribution in [3.63, 3.8) is 0 Å². The molecule has 1 unspecified atom stereocenters. The first-order valence-corrected chi connectivity index (χ1v) is 9.74. The van der Waals surface area contributed by atoms with E-state index in [4.69, 9.17) is 18.3 Å². The second-order valence-electron chi connectivity index (χ2n) is 5.33. The Bertz CT molecular complexity index is 382. The predicted molar refractivity (Wildman–Crippen MR) is 90.3 cm³/mol. The number of rotatable bonds is 14. The molecule has 0 amide bonds. The van der Waals surface area contributed by atoms with Crippen LogP contribution in [-0.4, -0.2) is 31.9 Å². The fraction of sp³-hybridized carbons (Fsp3) is 0.812. The van der Waals surface area contributed by atoms with E-state index >= 15 is 0 Å². The minimum absolute atomic E-state index is 0.0367. The van der Waals surface area contributed by atoms with Gasteiger partial charge in [0.1, 0.15) is 6.10 Å². The Kier molecular flexibility index (Phi) is 12.3. The third-order valence-corrected chi connectivity index (χ3v) is 4.45. The highest BCUT2D eigenvalue weighted by Crippen LogP contribution is 2.50. The Morgan fingerprint density at radius 2 is 1.57 bits per heavy atom. The molecule has 0 saturated carbocycles. The molecule has 6 nitrogen and oxygen atoms in total. The van der Waals surface area contributed by atoms with E-state index in [1.54, 1.807) is 6.92 Å². The smallest absolute Gasteiger partial charge is 0.457 e. The molecule has 7 heteroatoms. The maximum Gasteiger partial charge on any atom is 0.474 e. The van der Waals surface area contributed by atoms with Gasteiger partial charge < -0.3 is 4.74 Å². The summed E-state index contributed by atoms with van der Waals surface area (Å²) >= 11 is 0. The lowest BCUT2D eigenvalue weighted by atomic mass is 10.3. The van der Waals surface area contributed by atoms with Crippen molar-refractivity contribution in [3.05, 3.63) is 12.2 Å². The van der Waals surface area contributed by atoms with Crippen molar-refractivity contribution in [1.29, 1.82) is 0 Å². The van der Waals surface area contributed by atoms with Gasteiger partial charge in [-0.15, -0.1) is 0 Å². The van der Waals surface area contributed by atoms with Crippen molar-refractivity contribution in [2.75, 3.05) is 19.8 Å². The van der Waals surface area contributed by atoms with Crippen molar-refractivity contribution in [3.8, 4) is 0 Å². The van der Waals surface area contributed by atoms with Crippen LogP contribution >= 0.6 is 7.82 Å². The van der Waals surface area contributed by atoms with Crippen LogP contribution < -0.4 is 0 Å². The molecular weight excluding hydrogens is 319 g/mol. The van der Waals surface area contributed by atoms with E-state index in [9.17, 15) is 9.36 Å². The van der Waals surface area contributed by atoms with Gasteiger partial charge in [0.15, 0.2) is 0 Å². The number of phosphoric acid groups is 1. The summed E-state index contributed by atoms with van der Waals surface area (Å²) < 4.78 is 33.8. The second kappa shape index (κ2) is 12.7. The molecule has 136 valence electrons. The molecule has 0 N–H and O–H groups in total. The summed E-state index contributed by atoms with van der Waals surface area (Å²) in [6.07, 6.45) is 3.39. The van der Waals surface area contributed by atoms with Gasteiger partial charge >= 0.3 is 13.8 Å². The van der Waals surface area contributed by atoms with E-state index in [-0.39, 0.29) is 6.61 Å². The molecule has 0 aliphatic heterocycles. The summed E-state index contributed by atoms with van der Waals surface area (Å²) in [6, 6.07) is 0. The van der Waals surface area contributed by atoms with E-state index in [1.165, 1.54) is 0 Å². The number of hydrogen-bond donors (Lipinski definition) is 0. The van der Waals surface area contributed by atoms with Crippen molar-refractivity contribution in [2.45, 2.75) is 65.9 Å². The SMILES string of the molecule is C=C(C)C(=O)OC(CC)COP(=O)(OCCCC)OCCCC. The Morgan fingerprint density at radius 3 is 1.96 bits per heavy atom. The van der Waals surface area contributed by atoms with E-state index < -0.39 is 19.9 Å². The maximum absolute atomic E-state index is 12.6. The predicted octanol–water partition coefficient (Wildman–Crippen LogP) is 4.64. The van der Waals surface area contributed by atoms with Crippen molar-refractivity contribution in [1.82, 2.24) is 0 Å². The van der Waals surface area contributed by atoms with Crippen LogP contribution in [0.2, 0.25) is 0 Å². The van der Waals surface area contributed by atoms with Crippen LogP contribution in [0.4, 0.5) is 0 Å². The number of unbranched alkanes of at least 4 members (excludes halogenated alkanes) is 2. The van der Waals surface area contributed by atoms with Gasteiger partial charge in [-0.3, -0.25) is 13.6 Å². The third-order valence-electron chi connectivity index (χ3n) is 2.99. The molecule has 0 rings (SSSR count). The molecule has 0 aromatic carbocycles. The molecule has 0 saturated heterocycles. The first kappa shape index (κ1) is 22.3. The zero-order valence-corrected chi connectivity index (χ0v) is 15.7. The Balaban J connectivity index is 4.55. The van der Waals surface area contributed by atoms with Gasteiger partial charge in [-0.05, 0) is 26.2 Å². The molecular formula is C16H31O6P. The minimum atomic E-state index is -3.63. The van der Waals surface area contributed by atoms with Gasteiger partial charge in [-0.2, -0.15) is 0 Å². The van der Waals surface area contributed by atoms with Crippen molar-refractivity contribution >= 4 is 13.8 Å². The van der Waals surface area contributed by atoms with E-state index in [2.05, 4.69) is 6.58 Å². The monoisotopic (exact) mass is 350 g/mol. The summed E-state index contributed by atoms with van der Waals surface area (Å²) in [5.74, 6) is -0.492. The van der Waals surface area contributed by atoms with Crippen LogP contribution in [0.5, 0.6) is 0 Å². The van der Waals surface area contributed by atoms with Gasteiger partial charge in [-0.25, -0.2) is 9.36 Å². The van der Waals surface area contributed by atoms with Crippen molar-refractivity contribution in [2.24, 2.45) is 0 Å². The van der Waals surface area contributed by atoms with Crippen LogP contribution in [0.15, 0.2) is 12.2 Å². The fourth-order valence-corrected chi connectivity index (χ4v) is 2.69. The Labute approximate surface area is 140 Å². The molecule has 0 aromatic heterocycles. The fourth-order valence-electron chi connectivity index (χ4n) is 1.41. The molecule has 23 heavy (non-hydrogen) atoms. The molecule has 0 heterocycles. The molecule has 0 aliphatic rings. The lowest BCUT2D eigenvalue weighted by Gasteiger charge is -2.21. The van der Waals surface area contributed by atoms with Crippen molar-refractivity contribution < 1.29 is 27.7 Å². The molecule has 0 spiro atoms. The van der Waals surface area contributed by atoms with E-state index in [1.807, 2.05) is 20.8 Å². The second-order valence-corrected chi connectivity index (χ2v) is 7.00. The Hall–Kier alpha value is -0.680. The number of esters is 1. The van der Waals surface area contributed by atoms with Gasteiger partial charge in [0.05, 0.1) is 19.8 Å². The number of phosphoric ester groups is 1. The number of ether oxygens (including phenoxy) is 1. The standard InChI is InChI=1S/C16H31O6P/c1-6-9-11-19-23(18,20-12-10-7-2)21-13-15(8-3)22-16(17)14(4)5/h15H,4,6-13H2,1-3,5H3. The largest absolute Gasteiger partial charge is 0.474 e. The number of hydrogen-bond acceptors (Lipinski definition) is 6. The number of carbonyl (C=O) groups is 1. The quantitative estimate of drug-likeness (QED) is 0.197. The average Bonchev–Trinajstić information content (AvgIpc) is 2.51. The van der Waals surface area contributed by atoms with Gasteiger partial charge in [0.2, 0.25) is 0 Å². The summed E-state index contributed by atoms with van der Waals surface area (Å²) in [7, 11) is -3.63. The zero-order valence-electron chi connectivity index (χ0n) is 14.8. The molecule has 0 aliphatic carbocycles. The average molecular weight is 350 g/mol. The molecule has 1 atom stereocenters. The van der Waals surface area contributed by atoms with Crippen LogP contribution in [0.3, 0.4) is 0 Å². The van der Waals surface area contributed by atoms with Crippen LogP contribution in [-0.2, 0) is 27.7 Å². The third kappa shape index (κ3) is 10.7. The van der Waals surface area contributed by atoms with Crippen LogP contribution in [0, 0.1) is 0 Å². The first-order chi connectivity index (χ1) is 10.9. The molecule has 0 radical (unpaired) electrons. The molecule has 0 fully saturated rings. The van der Waals surface area contributed by atoms with Gasteiger partial charge in [-0.1, -0.05) is 40.2 Å². The van der Waals surface area contributed by atoms with Gasteiger partial charge in [0, 0.05) is 5.57 Å². The minimum Gasteiger partial charge on any atom is -0.457 e. The topological polar surface area (TPSA) is 71.1 Å². The van der Waals surface area contributed by atoms with Crippen LogP contribution in [0.1, 0.15) is 59.8 Å². The maximum atomic E-state index is 12.6. The summed E-state index contributed by atoms with van der Waals surface area (Å²) in [5.41, 5.74) is 0.310. The lowest BCUT2D eigenvalue weighted by molar-refractivity contribution is -0.146. The van der Waals surface area contributed by atoms with E-state index in [0.29, 0.717) is 25.2 Å². The van der Waals surface area contributed by atoms with Gasteiger partial charge in [0.25, 0.3) is 0 Å². The first-order valence-electron chi connectivity index (χ1n) is 8.28. The summed E-state index contributed by atoms with van der Waals surface area (Å²) in [4.78, 5) is 11.5. The summed E-state index contributed by atoms with van der Waals surface area (Å²) in [5, 5.41) is 0. The highest BCUT2D eigenvalue weighted by molar-refractivity contribution is 7.48. The Morgan fingerprint density at radius 1 is 1.04 bits per heavy atom. The van der Waals surface area contributed by atoms with Crippen LogP contribution in [0.25, 0.3) is 0 Å². The highest BCUT2D eigenvalue weighted by Gasteiger charge is 2.28. The normalized spacial score (nSPS) is 12.9. The highest BCUT2D eigenvalue weighted by atomic mass is 31.2. The zero-order chi connectivity index (χ0) is 17.7. The van der Waals surface area contributed by atoms with E-state index in [0.717, 1.165) is 25.7 Å². The lowest BCUT2D eigenvalue weighted by Crippen LogP contribution is -2.23. The molecule has 0 bridgehead atoms. The summed E-state index contributed by atoms with van der Waals surface area (Å²) in [6.45, 7) is 11.6. The number of carbonyl (C=O) groups excluding carboxylic acids is 1.